The molecule has 2 heteroatoms. The lowest BCUT2D eigenvalue weighted by molar-refractivity contribution is 0.283. The minimum Gasteiger partial charge on any atom is -0.392 e. The lowest BCUT2D eigenvalue weighted by Crippen LogP contribution is -1.84. The van der Waals surface area contributed by atoms with Crippen molar-refractivity contribution >= 4 is 10.9 Å². The van der Waals surface area contributed by atoms with E-state index in [2.05, 4.69) is 10.9 Å². The van der Waals surface area contributed by atoms with E-state index in [0.717, 1.165) is 16.5 Å². The molecular formula is C11H9NO. The topological polar surface area (TPSA) is 36.0 Å². The number of aliphatic hydroxyl groups excluding tert-OH is 1. The lowest BCUT2D eigenvalue weighted by Gasteiger charge is -1.92. The monoisotopic (exact) mass is 171 g/mol. The SMILES string of the molecule is C#Cc1[nH]c2ccccc2c1CO. The van der Waals surface area contributed by atoms with Crippen molar-refractivity contribution in [3.63, 3.8) is 0 Å². The first-order chi connectivity index (χ1) is 6.36. The van der Waals surface area contributed by atoms with Crippen LogP contribution in [0.25, 0.3) is 10.9 Å². The normalized spacial score (nSPS) is 10.2. The molecule has 0 aliphatic carbocycles. The number of H-pyrrole nitrogens is 1. The van der Waals surface area contributed by atoms with Gasteiger partial charge in [-0.15, -0.1) is 6.42 Å². The smallest absolute Gasteiger partial charge is 0.0957 e. The van der Waals surface area contributed by atoms with Crippen LogP contribution in [0, 0.1) is 12.3 Å². The van der Waals surface area contributed by atoms with Crippen molar-refractivity contribution in [1.29, 1.82) is 0 Å². The predicted molar refractivity (Wildman–Crippen MR) is 52.2 cm³/mol. The van der Waals surface area contributed by atoms with Crippen molar-refractivity contribution < 1.29 is 5.11 Å². The number of terminal acetylenes is 1. The summed E-state index contributed by atoms with van der Waals surface area (Å²) >= 11 is 0. The largest absolute Gasteiger partial charge is 0.392 e. The van der Waals surface area contributed by atoms with Crippen LogP contribution in [0.2, 0.25) is 0 Å². The number of hydrogen-bond donors (Lipinski definition) is 2. The highest BCUT2D eigenvalue weighted by Crippen LogP contribution is 2.21. The Morgan fingerprint density at radius 2 is 2.15 bits per heavy atom. The quantitative estimate of drug-likeness (QED) is 0.629. The highest BCUT2D eigenvalue weighted by Gasteiger charge is 2.06. The van der Waals surface area contributed by atoms with E-state index in [4.69, 9.17) is 11.5 Å². The molecule has 1 aromatic carbocycles. The molecule has 1 heterocycles. The van der Waals surface area contributed by atoms with E-state index in [0.29, 0.717) is 5.69 Å². The Balaban J connectivity index is 2.83. The summed E-state index contributed by atoms with van der Waals surface area (Å²) in [6.07, 6.45) is 5.30. The zero-order valence-electron chi connectivity index (χ0n) is 7.04. The second-order valence-corrected chi connectivity index (χ2v) is 2.83. The van der Waals surface area contributed by atoms with E-state index in [1.165, 1.54) is 0 Å². The molecule has 0 unspecified atom stereocenters. The summed E-state index contributed by atoms with van der Waals surface area (Å²) in [6.45, 7) is -0.0243. The Hall–Kier alpha value is -1.72. The van der Waals surface area contributed by atoms with Crippen molar-refractivity contribution in [2.75, 3.05) is 0 Å². The molecular weight excluding hydrogens is 162 g/mol. The average molecular weight is 171 g/mol. The highest BCUT2D eigenvalue weighted by molar-refractivity contribution is 5.85. The molecule has 0 saturated heterocycles. The van der Waals surface area contributed by atoms with E-state index in [1.807, 2.05) is 24.3 Å². The third-order valence-corrected chi connectivity index (χ3v) is 2.12. The predicted octanol–water partition coefficient (Wildman–Crippen LogP) is 1.64. The standard InChI is InChI=1S/C11H9NO/c1-2-10-9(7-13)8-5-3-4-6-11(8)12-10/h1,3-6,12-13H,7H2. The number of hydrogen-bond acceptors (Lipinski definition) is 1. The van der Waals surface area contributed by atoms with Crippen molar-refractivity contribution in [3.8, 4) is 12.3 Å². The summed E-state index contributed by atoms with van der Waals surface area (Å²) in [5, 5.41) is 10.1. The Labute approximate surface area is 76.2 Å². The van der Waals surface area contributed by atoms with Crippen LogP contribution in [0.15, 0.2) is 24.3 Å². The van der Waals surface area contributed by atoms with Crippen LogP contribution in [0.4, 0.5) is 0 Å². The summed E-state index contributed by atoms with van der Waals surface area (Å²) in [6, 6.07) is 7.74. The van der Waals surface area contributed by atoms with Gasteiger partial charge >= 0.3 is 0 Å². The number of nitrogens with one attached hydrogen (secondary N) is 1. The maximum atomic E-state index is 9.12. The molecule has 1 aromatic heterocycles. The Morgan fingerprint density at radius 1 is 1.38 bits per heavy atom. The number of aromatic nitrogens is 1. The van der Waals surface area contributed by atoms with E-state index < -0.39 is 0 Å². The van der Waals surface area contributed by atoms with Crippen molar-refractivity contribution in [1.82, 2.24) is 4.98 Å². The van der Waals surface area contributed by atoms with Gasteiger partial charge in [-0.1, -0.05) is 24.1 Å². The van der Waals surface area contributed by atoms with Crippen LogP contribution in [-0.4, -0.2) is 10.1 Å². The molecule has 2 N–H and O–H groups in total. The maximum Gasteiger partial charge on any atom is 0.0957 e. The third kappa shape index (κ3) is 1.10. The first-order valence-corrected chi connectivity index (χ1v) is 4.04. The van der Waals surface area contributed by atoms with Gasteiger partial charge in [-0.25, -0.2) is 0 Å². The fourth-order valence-corrected chi connectivity index (χ4v) is 1.49. The van der Waals surface area contributed by atoms with Gasteiger partial charge in [0.1, 0.15) is 0 Å². The summed E-state index contributed by atoms with van der Waals surface area (Å²) in [5.74, 6) is 2.52. The van der Waals surface area contributed by atoms with Gasteiger partial charge in [0.15, 0.2) is 0 Å². The summed E-state index contributed by atoms with van der Waals surface area (Å²) < 4.78 is 0. The van der Waals surface area contributed by atoms with E-state index in [9.17, 15) is 0 Å². The lowest BCUT2D eigenvalue weighted by atomic mass is 10.1. The average Bonchev–Trinajstić information content (AvgIpc) is 2.55. The molecule has 0 saturated carbocycles. The molecule has 2 aromatic rings. The van der Waals surface area contributed by atoms with Gasteiger partial charge in [-0.05, 0) is 6.07 Å². The number of fused-ring (bicyclic) bond motifs is 1. The van der Waals surface area contributed by atoms with Gasteiger partial charge < -0.3 is 10.1 Å². The van der Waals surface area contributed by atoms with Crippen LogP contribution in [0.5, 0.6) is 0 Å². The molecule has 0 aliphatic rings. The number of benzene rings is 1. The summed E-state index contributed by atoms with van der Waals surface area (Å²) in [5.41, 5.74) is 2.45. The first-order valence-electron chi connectivity index (χ1n) is 4.04. The number of aromatic amines is 1. The minimum absolute atomic E-state index is 0.0243. The Bertz CT molecular complexity index is 476. The van der Waals surface area contributed by atoms with Crippen molar-refractivity contribution in [2.45, 2.75) is 6.61 Å². The molecule has 0 radical (unpaired) electrons. The number of para-hydroxylation sites is 1. The molecule has 13 heavy (non-hydrogen) atoms. The molecule has 0 amide bonds. The Morgan fingerprint density at radius 3 is 2.85 bits per heavy atom. The van der Waals surface area contributed by atoms with Crippen molar-refractivity contribution in [2.24, 2.45) is 0 Å². The zero-order chi connectivity index (χ0) is 9.26. The van der Waals surface area contributed by atoms with E-state index in [-0.39, 0.29) is 6.61 Å². The van der Waals surface area contributed by atoms with Gasteiger partial charge in [0.05, 0.1) is 12.3 Å². The van der Waals surface area contributed by atoms with Gasteiger partial charge in [-0.2, -0.15) is 0 Å². The summed E-state index contributed by atoms with van der Waals surface area (Å²) in [4.78, 5) is 3.07. The molecule has 0 fully saturated rings. The fraction of sp³-hybridized carbons (Fsp3) is 0.0909. The molecule has 0 atom stereocenters. The molecule has 2 nitrogen and oxygen atoms in total. The van der Waals surface area contributed by atoms with E-state index in [1.54, 1.807) is 0 Å². The van der Waals surface area contributed by atoms with E-state index >= 15 is 0 Å². The second kappa shape index (κ2) is 2.96. The number of aliphatic hydroxyl groups is 1. The molecule has 0 spiro atoms. The second-order valence-electron chi connectivity index (χ2n) is 2.83. The van der Waals surface area contributed by atoms with Crippen LogP contribution in [0.1, 0.15) is 11.3 Å². The Kier molecular flexibility index (Phi) is 1.80. The van der Waals surface area contributed by atoms with Gasteiger partial charge in [0.25, 0.3) is 0 Å². The highest BCUT2D eigenvalue weighted by atomic mass is 16.3. The molecule has 2 rings (SSSR count). The first kappa shape index (κ1) is 7.90. The fourth-order valence-electron chi connectivity index (χ4n) is 1.49. The van der Waals surface area contributed by atoms with Gasteiger partial charge in [0.2, 0.25) is 0 Å². The van der Waals surface area contributed by atoms with Gasteiger partial charge in [-0.3, -0.25) is 0 Å². The molecule has 0 bridgehead atoms. The minimum atomic E-state index is -0.0243. The zero-order valence-corrected chi connectivity index (χ0v) is 7.04. The van der Waals surface area contributed by atoms with Crippen LogP contribution in [-0.2, 0) is 6.61 Å². The summed E-state index contributed by atoms with van der Waals surface area (Å²) in [7, 11) is 0. The van der Waals surface area contributed by atoms with Crippen LogP contribution in [0.3, 0.4) is 0 Å². The van der Waals surface area contributed by atoms with Crippen LogP contribution < -0.4 is 0 Å². The van der Waals surface area contributed by atoms with Gasteiger partial charge in [0, 0.05) is 16.5 Å². The molecule has 64 valence electrons. The number of rotatable bonds is 1. The molecule has 0 aliphatic heterocycles. The van der Waals surface area contributed by atoms with Crippen LogP contribution >= 0.6 is 0 Å². The maximum absolute atomic E-state index is 9.12. The third-order valence-electron chi connectivity index (χ3n) is 2.12. The van der Waals surface area contributed by atoms with Crippen molar-refractivity contribution in [3.05, 3.63) is 35.5 Å².